The molecule has 1 aromatic carbocycles. The number of guanidine groups is 1. The SMILES string of the molecule is CCNC(=NCCC(=O)N1CCCC1)N(C)Cc1cccc(F)c1.I. The Balaban J connectivity index is 0.00000312. The second kappa shape index (κ2) is 11.3. The van der Waals surface area contributed by atoms with Gasteiger partial charge in [0.15, 0.2) is 5.96 Å². The Labute approximate surface area is 166 Å². The molecule has 0 aromatic heterocycles. The van der Waals surface area contributed by atoms with Crippen LogP contribution in [0.3, 0.4) is 0 Å². The summed E-state index contributed by atoms with van der Waals surface area (Å²) in [4.78, 5) is 20.5. The number of benzene rings is 1. The van der Waals surface area contributed by atoms with E-state index in [4.69, 9.17) is 0 Å². The van der Waals surface area contributed by atoms with Gasteiger partial charge in [-0.2, -0.15) is 0 Å². The fourth-order valence-corrected chi connectivity index (χ4v) is 2.84. The quantitative estimate of drug-likeness (QED) is 0.402. The zero-order valence-corrected chi connectivity index (χ0v) is 17.3. The summed E-state index contributed by atoms with van der Waals surface area (Å²) in [5, 5.41) is 3.22. The minimum absolute atomic E-state index is 0. The first kappa shape index (κ1) is 21.7. The summed E-state index contributed by atoms with van der Waals surface area (Å²) in [6.07, 6.45) is 2.64. The summed E-state index contributed by atoms with van der Waals surface area (Å²) in [5.41, 5.74) is 0.885. The fraction of sp³-hybridized carbons (Fsp3) is 0.556. The molecule has 1 aromatic rings. The first-order valence-corrected chi connectivity index (χ1v) is 8.62. The molecular formula is C18H28FIN4O. The highest BCUT2D eigenvalue weighted by Gasteiger charge is 2.17. The van der Waals surface area contributed by atoms with Crippen molar-refractivity contribution in [2.75, 3.05) is 33.2 Å². The van der Waals surface area contributed by atoms with E-state index in [0.29, 0.717) is 19.5 Å². The van der Waals surface area contributed by atoms with Gasteiger partial charge < -0.3 is 15.1 Å². The molecule has 5 nitrogen and oxygen atoms in total. The van der Waals surface area contributed by atoms with Crippen molar-refractivity contribution in [3.8, 4) is 0 Å². The molecule has 2 rings (SSSR count). The number of amides is 1. The molecule has 1 saturated heterocycles. The Hall–Kier alpha value is -1.38. The van der Waals surface area contributed by atoms with Gasteiger partial charge in [-0.05, 0) is 37.5 Å². The maximum Gasteiger partial charge on any atom is 0.224 e. The number of carbonyl (C=O) groups is 1. The molecule has 0 radical (unpaired) electrons. The van der Waals surface area contributed by atoms with Gasteiger partial charge in [0.1, 0.15) is 5.82 Å². The number of carbonyl (C=O) groups excluding carboxylic acids is 1. The van der Waals surface area contributed by atoms with E-state index in [1.54, 1.807) is 6.07 Å². The van der Waals surface area contributed by atoms with Gasteiger partial charge in [-0.25, -0.2) is 4.39 Å². The minimum Gasteiger partial charge on any atom is -0.357 e. The van der Waals surface area contributed by atoms with E-state index in [0.717, 1.165) is 44.0 Å². The molecule has 1 aliphatic heterocycles. The molecule has 0 saturated carbocycles. The first-order valence-electron chi connectivity index (χ1n) is 8.62. The van der Waals surface area contributed by atoms with Crippen LogP contribution in [0.15, 0.2) is 29.3 Å². The first-order chi connectivity index (χ1) is 11.6. The van der Waals surface area contributed by atoms with Gasteiger partial charge >= 0.3 is 0 Å². The molecule has 140 valence electrons. The fourth-order valence-electron chi connectivity index (χ4n) is 2.84. The molecule has 0 atom stereocenters. The highest BCUT2D eigenvalue weighted by Crippen LogP contribution is 2.09. The van der Waals surface area contributed by atoms with Crippen molar-refractivity contribution < 1.29 is 9.18 Å². The third-order valence-corrected chi connectivity index (χ3v) is 4.05. The molecule has 0 spiro atoms. The average Bonchev–Trinajstić information content (AvgIpc) is 3.08. The van der Waals surface area contributed by atoms with Gasteiger partial charge in [0, 0.05) is 39.6 Å². The Bertz CT molecular complexity index is 576. The lowest BCUT2D eigenvalue weighted by atomic mass is 10.2. The van der Waals surface area contributed by atoms with Crippen LogP contribution in [0.4, 0.5) is 4.39 Å². The normalized spacial score (nSPS) is 14.2. The van der Waals surface area contributed by atoms with Crippen molar-refractivity contribution in [1.82, 2.24) is 15.1 Å². The molecular weight excluding hydrogens is 434 g/mol. The molecule has 1 fully saturated rings. The zero-order chi connectivity index (χ0) is 17.4. The van der Waals surface area contributed by atoms with Crippen LogP contribution in [0.25, 0.3) is 0 Å². The van der Waals surface area contributed by atoms with E-state index in [2.05, 4.69) is 10.3 Å². The van der Waals surface area contributed by atoms with E-state index in [-0.39, 0.29) is 35.7 Å². The summed E-state index contributed by atoms with van der Waals surface area (Å²) in [5.74, 6) is 0.676. The number of nitrogens with zero attached hydrogens (tertiary/aromatic N) is 3. The topological polar surface area (TPSA) is 47.9 Å². The van der Waals surface area contributed by atoms with Crippen molar-refractivity contribution in [3.63, 3.8) is 0 Å². The third kappa shape index (κ3) is 7.17. The van der Waals surface area contributed by atoms with Gasteiger partial charge in [-0.3, -0.25) is 9.79 Å². The summed E-state index contributed by atoms with van der Waals surface area (Å²) < 4.78 is 13.3. The number of hydrogen-bond acceptors (Lipinski definition) is 2. The van der Waals surface area contributed by atoms with Crippen LogP contribution in [0.2, 0.25) is 0 Å². The highest BCUT2D eigenvalue weighted by molar-refractivity contribution is 14.0. The lowest BCUT2D eigenvalue weighted by molar-refractivity contribution is -0.129. The third-order valence-electron chi connectivity index (χ3n) is 4.05. The molecule has 1 aliphatic rings. The number of nitrogens with one attached hydrogen (secondary N) is 1. The second-order valence-corrected chi connectivity index (χ2v) is 6.06. The van der Waals surface area contributed by atoms with Crippen molar-refractivity contribution in [2.24, 2.45) is 4.99 Å². The standard InChI is InChI=1S/C18H27FN4O.HI/c1-3-20-18(21-10-9-17(24)23-11-4-5-12-23)22(2)14-15-7-6-8-16(19)13-15;/h6-8,13H,3-5,9-12,14H2,1-2H3,(H,20,21);1H. The van der Waals surface area contributed by atoms with Crippen LogP contribution in [0, 0.1) is 5.82 Å². The van der Waals surface area contributed by atoms with Crippen LogP contribution in [0.1, 0.15) is 31.7 Å². The van der Waals surface area contributed by atoms with Crippen LogP contribution < -0.4 is 5.32 Å². The Kier molecular flexibility index (Phi) is 9.77. The molecule has 1 N–H and O–H groups in total. The average molecular weight is 462 g/mol. The van der Waals surface area contributed by atoms with Crippen molar-refractivity contribution in [1.29, 1.82) is 0 Å². The molecule has 25 heavy (non-hydrogen) atoms. The predicted octanol–water partition coefficient (Wildman–Crippen LogP) is 2.85. The molecule has 1 amide bonds. The van der Waals surface area contributed by atoms with E-state index in [9.17, 15) is 9.18 Å². The van der Waals surface area contributed by atoms with Crippen LogP contribution in [-0.4, -0.2) is 54.9 Å². The zero-order valence-electron chi connectivity index (χ0n) is 15.0. The Morgan fingerprint density at radius 2 is 2.08 bits per heavy atom. The van der Waals surface area contributed by atoms with E-state index < -0.39 is 0 Å². The van der Waals surface area contributed by atoms with Crippen LogP contribution in [0.5, 0.6) is 0 Å². The second-order valence-electron chi connectivity index (χ2n) is 6.06. The lowest BCUT2D eigenvalue weighted by Gasteiger charge is -2.22. The maximum atomic E-state index is 13.3. The molecule has 0 bridgehead atoms. The predicted molar refractivity (Wildman–Crippen MR) is 110 cm³/mol. The van der Waals surface area contributed by atoms with Gasteiger partial charge in [0.2, 0.25) is 5.91 Å². The van der Waals surface area contributed by atoms with Crippen molar-refractivity contribution >= 4 is 35.8 Å². The maximum absolute atomic E-state index is 13.3. The summed E-state index contributed by atoms with van der Waals surface area (Å²) in [7, 11) is 1.91. The van der Waals surface area contributed by atoms with Gasteiger partial charge in [-0.1, -0.05) is 12.1 Å². The van der Waals surface area contributed by atoms with Crippen LogP contribution in [-0.2, 0) is 11.3 Å². The Morgan fingerprint density at radius 1 is 1.36 bits per heavy atom. The van der Waals surface area contributed by atoms with Crippen molar-refractivity contribution in [2.45, 2.75) is 32.7 Å². The van der Waals surface area contributed by atoms with E-state index in [1.807, 2.05) is 29.8 Å². The molecule has 1 heterocycles. The van der Waals surface area contributed by atoms with Gasteiger partial charge in [0.05, 0.1) is 6.54 Å². The minimum atomic E-state index is -0.237. The molecule has 0 unspecified atom stereocenters. The number of hydrogen-bond donors (Lipinski definition) is 1. The molecule has 0 aliphatic carbocycles. The number of aliphatic imine (C=N–C) groups is 1. The largest absolute Gasteiger partial charge is 0.357 e. The number of halogens is 2. The molecule has 7 heteroatoms. The monoisotopic (exact) mass is 462 g/mol. The summed E-state index contributed by atoms with van der Waals surface area (Å²) >= 11 is 0. The van der Waals surface area contributed by atoms with Crippen LogP contribution >= 0.6 is 24.0 Å². The Morgan fingerprint density at radius 3 is 2.72 bits per heavy atom. The number of rotatable bonds is 6. The number of likely N-dealkylation sites (tertiary alicyclic amines) is 1. The summed E-state index contributed by atoms with van der Waals surface area (Å²) in [6, 6.07) is 6.56. The highest BCUT2D eigenvalue weighted by atomic mass is 127. The van der Waals surface area contributed by atoms with Crippen molar-refractivity contribution in [3.05, 3.63) is 35.6 Å². The van der Waals surface area contributed by atoms with Gasteiger partial charge in [-0.15, -0.1) is 24.0 Å². The van der Waals surface area contributed by atoms with Gasteiger partial charge in [0.25, 0.3) is 0 Å². The summed E-state index contributed by atoms with van der Waals surface area (Å²) in [6.45, 7) is 5.52. The lowest BCUT2D eigenvalue weighted by Crippen LogP contribution is -2.38. The van der Waals surface area contributed by atoms with E-state index in [1.165, 1.54) is 12.1 Å². The smallest absolute Gasteiger partial charge is 0.224 e. The van der Waals surface area contributed by atoms with E-state index >= 15 is 0 Å².